The summed E-state index contributed by atoms with van der Waals surface area (Å²) in [5.74, 6) is 1.11. The fourth-order valence-electron chi connectivity index (χ4n) is 1.87. The van der Waals surface area contributed by atoms with Gasteiger partial charge in [-0.15, -0.1) is 11.8 Å². The van der Waals surface area contributed by atoms with E-state index in [-0.39, 0.29) is 5.91 Å². The summed E-state index contributed by atoms with van der Waals surface area (Å²) in [5.41, 5.74) is 1.02. The summed E-state index contributed by atoms with van der Waals surface area (Å²) in [6, 6.07) is 11.4. The van der Waals surface area contributed by atoms with Crippen LogP contribution in [0.4, 0.5) is 0 Å². The molecule has 3 aromatic rings. The summed E-state index contributed by atoms with van der Waals surface area (Å²) in [5, 5.41) is 5.39. The third-order valence-corrected chi connectivity index (χ3v) is 4.71. The van der Waals surface area contributed by atoms with Crippen molar-refractivity contribution in [2.24, 2.45) is 0 Å². The number of carbonyl (C=O) groups excluding carboxylic acids is 1. The number of thioether (sulfide) groups is 1. The first-order chi connectivity index (χ1) is 11.8. The van der Waals surface area contributed by atoms with E-state index in [1.807, 2.05) is 41.8 Å². The molecule has 0 aliphatic heterocycles. The van der Waals surface area contributed by atoms with Crippen LogP contribution in [-0.4, -0.2) is 21.6 Å². The molecule has 3 rings (SSSR count). The highest BCUT2D eigenvalue weighted by Gasteiger charge is 2.04. The Kier molecular flexibility index (Phi) is 5.81. The Morgan fingerprint density at radius 2 is 1.92 bits per heavy atom. The number of pyridine rings is 1. The Labute approximate surface area is 148 Å². The van der Waals surface area contributed by atoms with Crippen molar-refractivity contribution in [2.45, 2.75) is 11.4 Å². The number of nitrogens with one attached hydrogen (secondary N) is 1. The monoisotopic (exact) mass is 357 g/mol. The average molecular weight is 357 g/mol. The van der Waals surface area contributed by atoms with Crippen LogP contribution in [0.25, 0.3) is 0 Å². The number of ether oxygens (including phenoxy) is 1. The highest BCUT2D eigenvalue weighted by atomic mass is 32.2. The van der Waals surface area contributed by atoms with Crippen molar-refractivity contribution in [1.29, 1.82) is 0 Å². The molecule has 1 amide bonds. The molecule has 0 aliphatic carbocycles. The van der Waals surface area contributed by atoms with E-state index in [1.54, 1.807) is 18.6 Å². The van der Waals surface area contributed by atoms with Gasteiger partial charge in [0, 0.05) is 35.4 Å². The zero-order valence-electron chi connectivity index (χ0n) is 12.7. The van der Waals surface area contributed by atoms with Gasteiger partial charge in [0.25, 0.3) is 5.19 Å². The first kappa shape index (κ1) is 16.5. The van der Waals surface area contributed by atoms with Gasteiger partial charge in [0.2, 0.25) is 5.91 Å². The maximum atomic E-state index is 11.9. The van der Waals surface area contributed by atoms with Crippen LogP contribution < -0.4 is 10.1 Å². The number of carbonyl (C=O) groups is 1. The lowest BCUT2D eigenvalue weighted by molar-refractivity contribution is -0.118. The number of rotatable bonds is 7. The number of hydrogen-bond donors (Lipinski definition) is 1. The van der Waals surface area contributed by atoms with Gasteiger partial charge in [0.1, 0.15) is 5.75 Å². The quantitative estimate of drug-likeness (QED) is 0.653. The Morgan fingerprint density at radius 3 is 2.62 bits per heavy atom. The molecular weight excluding hydrogens is 342 g/mol. The van der Waals surface area contributed by atoms with Crippen molar-refractivity contribution in [2.75, 3.05) is 5.75 Å². The Hall–Kier alpha value is -2.38. The molecule has 0 unspecified atom stereocenters. The predicted octanol–water partition coefficient (Wildman–Crippen LogP) is 3.74. The minimum absolute atomic E-state index is 0.0000701. The lowest BCUT2D eigenvalue weighted by Crippen LogP contribution is -2.24. The standard InChI is InChI=1S/C17H15N3O2S2/c21-16(12-24-15-5-7-18-8-6-15)20-11-13-1-3-14(4-2-13)22-17-19-9-10-23-17/h1-10H,11-12H2,(H,20,21). The molecule has 24 heavy (non-hydrogen) atoms. The maximum Gasteiger partial charge on any atom is 0.278 e. The summed E-state index contributed by atoms with van der Waals surface area (Å²) in [4.78, 5) is 20.9. The number of nitrogens with zero attached hydrogens (tertiary/aromatic N) is 2. The van der Waals surface area contributed by atoms with E-state index in [4.69, 9.17) is 4.74 Å². The Balaban J connectivity index is 1.43. The van der Waals surface area contributed by atoms with Crippen molar-refractivity contribution >= 4 is 29.0 Å². The van der Waals surface area contributed by atoms with Crippen molar-refractivity contribution in [3.8, 4) is 10.9 Å². The van der Waals surface area contributed by atoms with Crippen molar-refractivity contribution in [3.05, 3.63) is 65.9 Å². The highest BCUT2D eigenvalue weighted by molar-refractivity contribution is 8.00. The van der Waals surface area contributed by atoms with E-state index in [2.05, 4.69) is 15.3 Å². The second-order valence-corrected chi connectivity index (χ2v) is 6.70. The van der Waals surface area contributed by atoms with Crippen LogP contribution in [0.15, 0.2) is 65.3 Å². The minimum Gasteiger partial charge on any atom is -0.431 e. The summed E-state index contributed by atoms with van der Waals surface area (Å²) in [6.45, 7) is 0.493. The first-order valence-electron chi connectivity index (χ1n) is 7.25. The van der Waals surface area contributed by atoms with Gasteiger partial charge in [-0.05, 0) is 29.8 Å². The molecule has 7 heteroatoms. The number of benzene rings is 1. The van der Waals surface area contributed by atoms with Gasteiger partial charge in [-0.1, -0.05) is 23.5 Å². The SMILES string of the molecule is O=C(CSc1ccncc1)NCc1ccc(Oc2nccs2)cc1. The van der Waals surface area contributed by atoms with Crippen molar-refractivity contribution in [3.63, 3.8) is 0 Å². The van der Waals surface area contributed by atoms with E-state index in [1.165, 1.54) is 23.1 Å². The molecule has 1 N–H and O–H groups in total. The van der Waals surface area contributed by atoms with Gasteiger partial charge in [-0.2, -0.15) is 0 Å². The molecule has 0 saturated heterocycles. The average Bonchev–Trinajstić information content (AvgIpc) is 3.13. The van der Waals surface area contributed by atoms with Crippen LogP contribution in [0.2, 0.25) is 0 Å². The van der Waals surface area contributed by atoms with Gasteiger partial charge in [-0.3, -0.25) is 9.78 Å². The molecule has 5 nitrogen and oxygen atoms in total. The molecule has 0 aliphatic rings. The lowest BCUT2D eigenvalue weighted by atomic mass is 10.2. The number of aromatic nitrogens is 2. The molecule has 0 radical (unpaired) electrons. The molecule has 2 aromatic heterocycles. The van der Waals surface area contributed by atoms with E-state index in [9.17, 15) is 4.79 Å². The molecule has 0 atom stereocenters. The van der Waals surface area contributed by atoms with Gasteiger partial charge in [-0.25, -0.2) is 4.98 Å². The highest BCUT2D eigenvalue weighted by Crippen LogP contribution is 2.23. The largest absolute Gasteiger partial charge is 0.431 e. The van der Waals surface area contributed by atoms with Crippen molar-refractivity contribution in [1.82, 2.24) is 15.3 Å². The summed E-state index contributed by atoms with van der Waals surface area (Å²) in [6.07, 6.45) is 5.14. The van der Waals surface area contributed by atoms with Gasteiger partial charge < -0.3 is 10.1 Å². The van der Waals surface area contributed by atoms with E-state index in [0.717, 1.165) is 16.2 Å². The zero-order valence-corrected chi connectivity index (χ0v) is 14.3. The minimum atomic E-state index is -0.0000701. The van der Waals surface area contributed by atoms with Crippen LogP contribution in [0.3, 0.4) is 0 Å². The molecule has 2 heterocycles. The van der Waals surface area contributed by atoms with Crippen LogP contribution in [-0.2, 0) is 11.3 Å². The number of hydrogen-bond acceptors (Lipinski definition) is 6. The molecule has 0 saturated carbocycles. The van der Waals surface area contributed by atoms with E-state index >= 15 is 0 Å². The van der Waals surface area contributed by atoms with Crippen LogP contribution in [0, 0.1) is 0 Å². The van der Waals surface area contributed by atoms with Gasteiger partial charge >= 0.3 is 0 Å². The van der Waals surface area contributed by atoms with Gasteiger partial charge in [0.05, 0.1) is 5.75 Å². The second-order valence-electron chi connectivity index (χ2n) is 4.79. The predicted molar refractivity (Wildman–Crippen MR) is 95.4 cm³/mol. The van der Waals surface area contributed by atoms with Crippen LogP contribution >= 0.6 is 23.1 Å². The molecule has 1 aromatic carbocycles. The smallest absolute Gasteiger partial charge is 0.278 e. The second kappa shape index (κ2) is 8.47. The number of amides is 1. The topological polar surface area (TPSA) is 64.1 Å². The Bertz CT molecular complexity index is 762. The Morgan fingerprint density at radius 1 is 1.12 bits per heavy atom. The summed E-state index contributed by atoms with van der Waals surface area (Å²) in [7, 11) is 0. The maximum absolute atomic E-state index is 11.9. The van der Waals surface area contributed by atoms with Crippen LogP contribution in [0.1, 0.15) is 5.56 Å². The fraction of sp³-hybridized carbons (Fsp3) is 0.118. The molecular formula is C17H15N3O2S2. The normalized spacial score (nSPS) is 10.3. The fourth-order valence-corrected chi connectivity index (χ4v) is 3.09. The summed E-state index contributed by atoms with van der Waals surface area (Å²) < 4.78 is 5.60. The van der Waals surface area contributed by atoms with E-state index in [0.29, 0.717) is 17.5 Å². The number of thiazole rings is 1. The van der Waals surface area contributed by atoms with E-state index < -0.39 is 0 Å². The lowest BCUT2D eigenvalue weighted by Gasteiger charge is -2.07. The zero-order chi connectivity index (χ0) is 16.6. The third kappa shape index (κ3) is 5.07. The van der Waals surface area contributed by atoms with Crippen molar-refractivity contribution < 1.29 is 9.53 Å². The first-order valence-corrected chi connectivity index (χ1v) is 9.12. The van der Waals surface area contributed by atoms with Crippen LogP contribution in [0.5, 0.6) is 10.9 Å². The molecule has 0 spiro atoms. The molecule has 0 bridgehead atoms. The molecule has 0 fully saturated rings. The van der Waals surface area contributed by atoms with Gasteiger partial charge in [0.15, 0.2) is 0 Å². The third-order valence-electron chi connectivity index (χ3n) is 3.05. The summed E-state index contributed by atoms with van der Waals surface area (Å²) >= 11 is 2.93. The molecule has 122 valence electrons.